The number of aromatic nitrogens is 2. The number of furan rings is 1. The fourth-order valence-corrected chi connectivity index (χ4v) is 4.70. The number of fused-ring (bicyclic) bond motifs is 1. The molecule has 3 heterocycles. The van der Waals surface area contributed by atoms with E-state index in [1.807, 2.05) is 30.3 Å². The highest BCUT2D eigenvalue weighted by Crippen LogP contribution is 2.44. The van der Waals surface area contributed by atoms with E-state index in [1.54, 1.807) is 49.5 Å². The predicted octanol–water partition coefficient (Wildman–Crippen LogP) is 6.71. The second kappa shape index (κ2) is 9.34. The van der Waals surface area contributed by atoms with Crippen LogP contribution in [0.4, 0.5) is 4.39 Å². The lowest BCUT2D eigenvalue weighted by Crippen LogP contribution is -2.35. The average Bonchev–Trinajstić information content (AvgIpc) is 3.64. The zero-order valence-corrected chi connectivity index (χ0v) is 20.7. The Balaban J connectivity index is 1.35. The van der Waals surface area contributed by atoms with Crippen molar-refractivity contribution < 1.29 is 18.4 Å². The summed E-state index contributed by atoms with van der Waals surface area (Å²) in [6, 6.07) is 22.4. The van der Waals surface area contributed by atoms with E-state index < -0.39 is 5.54 Å². The summed E-state index contributed by atoms with van der Waals surface area (Å²) in [5.74, 6) is -0.302. The third-order valence-electron chi connectivity index (χ3n) is 6.92. The van der Waals surface area contributed by atoms with Crippen molar-refractivity contribution in [3.05, 3.63) is 108 Å². The molecule has 5 aromatic rings. The van der Waals surface area contributed by atoms with Crippen LogP contribution in [0.15, 0.2) is 89.5 Å². The van der Waals surface area contributed by atoms with Crippen molar-refractivity contribution in [2.24, 2.45) is 0 Å². The first-order chi connectivity index (χ1) is 18.5. The van der Waals surface area contributed by atoms with Gasteiger partial charge in [0, 0.05) is 29.3 Å². The molecule has 0 radical (unpaired) electrons. The maximum absolute atomic E-state index is 13.5. The average molecular weight is 506 g/mol. The van der Waals surface area contributed by atoms with Crippen LogP contribution in [0, 0.1) is 5.82 Å². The molecule has 1 aliphatic carbocycles. The SMILES string of the molecule is CCC(=O)c1c(-c2ccc(F)cc2)oc2ccc(-c3cccc(C(=O)NC4(c5ccccn5)CC4)c3)nc12. The number of hydrogen-bond donors (Lipinski definition) is 1. The molecule has 2 aromatic carbocycles. The molecule has 38 heavy (non-hydrogen) atoms. The van der Waals surface area contributed by atoms with Gasteiger partial charge in [-0.3, -0.25) is 14.6 Å². The maximum Gasteiger partial charge on any atom is 0.252 e. The van der Waals surface area contributed by atoms with Crippen LogP contribution in [0.5, 0.6) is 0 Å². The number of ketones is 1. The Kier molecular flexibility index (Phi) is 5.83. The van der Waals surface area contributed by atoms with Crippen molar-refractivity contribution >= 4 is 22.8 Å². The van der Waals surface area contributed by atoms with Crippen molar-refractivity contribution in [1.82, 2.24) is 15.3 Å². The van der Waals surface area contributed by atoms with E-state index in [0.29, 0.717) is 39.2 Å². The molecule has 0 aliphatic heterocycles. The monoisotopic (exact) mass is 505 g/mol. The zero-order valence-electron chi connectivity index (χ0n) is 20.7. The number of nitrogens with zero attached hydrogens (tertiary/aromatic N) is 2. The molecular weight excluding hydrogens is 481 g/mol. The van der Waals surface area contributed by atoms with E-state index in [2.05, 4.69) is 10.3 Å². The minimum Gasteiger partial charge on any atom is -0.454 e. The first-order valence-electron chi connectivity index (χ1n) is 12.5. The van der Waals surface area contributed by atoms with Crippen LogP contribution in [0.1, 0.15) is 52.6 Å². The van der Waals surface area contributed by atoms with Gasteiger partial charge in [0.2, 0.25) is 0 Å². The highest BCUT2D eigenvalue weighted by molar-refractivity contribution is 6.11. The maximum atomic E-state index is 13.5. The lowest BCUT2D eigenvalue weighted by atomic mass is 10.0. The summed E-state index contributed by atoms with van der Waals surface area (Å²) in [5.41, 5.74) is 4.17. The molecule has 0 atom stereocenters. The Hall–Kier alpha value is -4.65. The van der Waals surface area contributed by atoms with Crippen LogP contribution in [0.2, 0.25) is 0 Å². The van der Waals surface area contributed by atoms with Crippen molar-refractivity contribution in [2.45, 2.75) is 31.7 Å². The van der Waals surface area contributed by atoms with Gasteiger partial charge in [-0.15, -0.1) is 0 Å². The van der Waals surface area contributed by atoms with Crippen molar-refractivity contribution in [2.75, 3.05) is 0 Å². The molecule has 1 fully saturated rings. The van der Waals surface area contributed by atoms with E-state index in [4.69, 9.17) is 9.40 Å². The Morgan fingerprint density at radius 2 is 1.79 bits per heavy atom. The number of amides is 1. The fraction of sp³-hybridized carbons (Fsp3) is 0.161. The minimum atomic E-state index is -0.422. The third kappa shape index (κ3) is 4.26. The van der Waals surface area contributed by atoms with Gasteiger partial charge in [-0.25, -0.2) is 9.37 Å². The van der Waals surface area contributed by atoms with Gasteiger partial charge >= 0.3 is 0 Å². The molecule has 6 nitrogen and oxygen atoms in total. The molecule has 7 heteroatoms. The quantitative estimate of drug-likeness (QED) is 0.249. The van der Waals surface area contributed by atoms with Crippen molar-refractivity contribution in [1.29, 1.82) is 0 Å². The summed E-state index contributed by atoms with van der Waals surface area (Å²) in [4.78, 5) is 35.4. The van der Waals surface area contributed by atoms with E-state index in [-0.39, 0.29) is 23.9 Å². The number of carbonyl (C=O) groups is 2. The number of Topliss-reactive ketones (excluding diaryl/α,β-unsaturated/α-hetero) is 1. The molecule has 1 N–H and O–H groups in total. The molecule has 1 amide bonds. The Bertz CT molecular complexity index is 1670. The molecule has 0 saturated heterocycles. The smallest absolute Gasteiger partial charge is 0.252 e. The van der Waals surface area contributed by atoms with Crippen LogP contribution in [0.25, 0.3) is 33.7 Å². The van der Waals surface area contributed by atoms with Crippen molar-refractivity contribution in [3.8, 4) is 22.6 Å². The predicted molar refractivity (Wildman–Crippen MR) is 142 cm³/mol. The summed E-state index contributed by atoms with van der Waals surface area (Å²) in [6.45, 7) is 1.78. The van der Waals surface area contributed by atoms with Crippen LogP contribution < -0.4 is 5.32 Å². The summed E-state index contributed by atoms with van der Waals surface area (Å²) in [6.07, 6.45) is 3.69. The molecule has 1 aliphatic rings. The third-order valence-corrected chi connectivity index (χ3v) is 6.92. The lowest BCUT2D eigenvalue weighted by Gasteiger charge is -2.17. The molecule has 1 saturated carbocycles. The van der Waals surface area contributed by atoms with Gasteiger partial charge in [0.05, 0.1) is 22.5 Å². The van der Waals surface area contributed by atoms with Gasteiger partial charge in [0.15, 0.2) is 11.4 Å². The first-order valence-corrected chi connectivity index (χ1v) is 12.5. The van der Waals surface area contributed by atoms with E-state index in [1.165, 1.54) is 12.1 Å². The highest BCUT2D eigenvalue weighted by Gasteiger charge is 2.47. The van der Waals surface area contributed by atoms with Crippen LogP contribution in [0.3, 0.4) is 0 Å². The summed E-state index contributed by atoms with van der Waals surface area (Å²) in [5, 5.41) is 3.16. The zero-order chi connectivity index (χ0) is 26.3. The van der Waals surface area contributed by atoms with Gasteiger partial charge in [0.25, 0.3) is 5.91 Å². The largest absolute Gasteiger partial charge is 0.454 e. The number of rotatable bonds is 7. The molecule has 3 aromatic heterocycles. The van der Waals surface area contributed by atoms with E-state index >= 15 is 0 Å². The Labute approximate surface area is 218 Å². The van der Waals surface area contributed by atoms with E-state index in [9.17, 15) is 14.0 Å². The Morgan fingerprint density at radius 1 is 0.974 bits per heavy atom. The molecular formula is C31H24FN3O3. The van der Waals surface area contributed by atoms with Gasteiger partial charge in [-0.2, -0.15) is 0 Å². The van der Waals surface area contributed by atoms with Gasteiger partial charge < -0.3 is 9.73 Å². The van der Waals surface area contributed by atoms with E-state index in [0.717, 1.165) is 24.1 Å². The second-order valence-electron chi connectivity index (χ2n) is 9.47. The normalized spacial score (nSPS) is 13.8. The van der Waals surface area contributed by atoms with Crippen molar-refractivity contribution in [3.63, 3.8) is 0 Å². The fourth-order valence-electron chi connectivity index (χ4n) is 4.70. The number of benzene rings is 2. The van der Waals surface area contributed by atoms with Crippen LogP contribution in [-0.4, -0.2) is 21.7 Å². The number of pyridine rings is 2. The number of carbonyl (C=O) groups excluding carboxylic acids is 2. The van der Waals surface area contributed by atoms with Crippen LogP contribution >= 0.6 is 0 Å². The van der Waals surface area contributed by atoms with Gasteiger partial charge in [-0.05, 0) is 73.5 Å². The van der Waals surface area contributed by atoms with Gasteiger partial charge in [-0.1, -0.05) is 25.1 Å². The second-order valence-corrected chi connectivity index (χ2v) is 9.47. The standard InChI is InChI=1S/C31H24FN3O3/c1-2-24(36)27-28-25(38-29(27)19-9-11-22(32)12-10-19)14-13-23(34-28)20-6-5-7-21(18-20)30(37)35-31(15-16-31)26-8-3-4-17-33-26/h3-14,17-18H,2,15-16H2,1H3,(H,35,37). The summed E-state index contributed by atoms with van der Waals surface area (Å²) in [7, 11) is 0. The molecule has 188 valence electrons. The molecule has 0 unspecified atom stereocenters. The number of halogens is 1. The minimum absolute atomic E-state index is 0.120. The molecule has 0 spiro atoms. The van der Waals surface area contributed by atoms with Crippen LogP contribution in [-0.2, 0) is 5.54 Å². The lowest BCUT2D eigenvalue weighted by molar-refractivity contribution is 0.0928. The molecule has 0 bridgehead atoms. The summed E-state index contributed by atoms with van der Waals surface area (Å²) >= 11 is 0. The molecule has 6 rings (SSSR count). The Morgan fingerprint density at radius 3 is 2.50 bits per heavy atom. The number of nitrogens with one attached hydrogen (secondary N) is 1. The first kappa shape index (κ1) is 23.7. The summed E-state index contributed by atoms with van der Waals surface area (Å²) < 4.78 is 19.5. The number of hydrogen-bond acceptors (Lipinski definition) is 5. The van der Waals surface area contributed by atoms with Gasteiger partial charge in [0.1, 0.15) is 17.1 Å². The highest BCUT2D eigenvalue weighted by atomic mass is 19.1. The topological polar surface area (TPSA) is 85.1 Å².